The van der Waals surface area contributed by atoms with Crippen molar-refractivity contribution in [3.8, 4) is 0 Å². The van der Waals surface area contributed by atoms with E-state index < -0.39 is 0 Å². The van der Waals surface area contributed by atoms with Crippen molar-refractivity contribution in [2.24, 2.45) is 5.10 Å². The highest BCUT2D eigenvalue weighted by atomic mass is 15.4. The summed E-state index contributed by atoms with van der Waals surface area (Å²) < 4.78 is 0. The van der Waals surface area contributed by atoms with Gasteiger partial charge in [0, 0.05) is 25.8 Å². The first-order chi connectivity index (χ1) is 5.20. The van der Waals surface area contributed by atoms with Crippen molar-refractivity contribution >= 4 is 5.71 Å². The third-order valence-corrected chi connectivity index (χ3v) is 1.54. The van der Waals surface area contributed by atoms with Crippen LogP contribution in [0, 0.1) is 0 Å². The molecule has 0 aliphatic heterocycles. The molecule has 0 radical (unpaired) electrons. The summed E-state index contributed by atoms with van der Waals surface area (Å²) in [6.45, 7) is 6.13. The molecule has 0 aromatic carbocycles. The van der Waals surface area contributed by atoms with Gasteiger partial charge in [-0.3, -0.25) is 0 Å². The third kappa shape index (κ3) is 5.85. The number of hydrazone groups is 1. The van der Waals surface area contributed by atoms with E-state index in [1.807, 2.05) is 19.1 Å². The summed E-state index contributed by atoms with van der Waals surface area (Å²) in [7, 11) is 3.94. The van der Waals surface area contributed by atoms with E-state index in [0.29, 0.717) is 0 Å². The number of hydrogen-bond acceptors (Lipinski definition) is 3. The summed E-state index contributed by atoms with van der Waals surface area (Å²) in [5, 5.41) is 9.38. The Hall–Kier alpha value is -0.570. The topological polar surface area (TPSA) is 27.6 Å². The molecule has 0 saturated carbocycles. The minimum atomic E-state index is 0.969. The number of nitrogens with zero attached hydrogens (tertiary/aromatic N) is 2. The quantitative estimate of drug-likeness (QED) is 0.475. The van der Waals surface area contributed by atoms with E-state index in [-0.39, 0.29) is 0 Å². The lowest BCUT2D eigenvalue weighted by atomic mass is 10.3. The normalized spacial score (nSPS) is 11.8. The molecule has 0 rings (SSSR count). The van der Waals surface area contributed by atoms with Gasteiger partial charge < -0.3 is 10.3 Å². The van der Waals surface area contributed by atoms with Gasteiger partial charge >= 0.3 is 0 Å². The summed E-state index contributed by atoms with van der Waals surface area (Å²) in [6, 6.07) is 0. The molecule has 0 fully saturated rings. The fourth-order valence-electron chi connectivity index (χ4n) is 0.718. The largest absolute Gasteiger partial charge is 0.319 e. The van der Waals surface area contributed by atoms with Gasteiger partial charge in [0.25, 0.3) is 0 Å². The number of rotatable bonds is 5. The van der Waals surface area contributed by atoms with Gasteiger partial charge in [0.05, 0.1) is 0 Å². The van der Waals surface area contributed by atoms with E-state index in [9.17, 15) is 0 Å². The maximum absolute atomic E-state index is 4.34. The van der Waals surface area contributed by atoms with E-state index in [4.69, 9.17) is 0 Å². The van der Waals surface area contributed by atoms with Crippen molar-refractivity contribution in [1.29, 1.82) is 0 Å². The minimum absolute atomic E-state index is 0.969. The lowest BCUT2D eigenvalue weighted by Crippen LogP contribution is -2.16. The van der Waals surface area contributed by atoms with E-state index in [0.717, 1.165) is 19.5 Å². The van der Waals surface area contributed by atoms with Crippen LogP contribution in [-0.4, -0.2) is 37.9 Å². The van der Waals surface area contributed by atoms with Crippen molar-refractivity contribution in [3.05, 3.63) is 0 Å². The van der Waals surface area contributed by atoms with Gasteiger partial charge in [0.15, 0.2) is 0 Å². The standard InChI is InChI=1S/C8H19N3/c1-5-11(4)10-8(2)6-7-9-3/h9H,5-7H2,1-4H3/b10-8+. The van der Waals surface area contributed by atoms with Gasteiger partial charge in [-0.05, 0) is 27.3 Å². The molecule has 0 bridgehead atoms. The predicted molar refractivity (Wildman–Crippen MR) is 50.0 cm³/mol. The molecule has 0 aliphatic carbocycles. The molecule has 3 heteroatoms. The molecule has 0 spiro atoms. The third-order valence-electron chi connectivity index (χ3n) is 1.54. The van der Waals surface area contributed by atoms with E-state index in [2.05, 4.69) is 24.3 Å². The van der Waals surface area contributed by atoms with Crippen molar-refractivity contribution < 1.29 is 0 Å². The van der Waals surface area contributed by atoms with Crippen LogP contribution in [-0.2, 0) is 0 Å². The second kappa shape index (κ2) is 6.16. The fourth-order valence-corrected chi connectivity index (χ4v) is 0.718. The van der Waals surface area contributed by atoms with Gasteiger partial charge in [0.1, 0.15) is 0 Å². The molecule has 0 saturated heterocycles. The first kappa shape index (κ1) is 10.4. The molecule has 0 aromatic heterocycles. The SMILES string of the molecule is CCN(C)/N=C(\C)CCNC. The molecule has 3 nitrogen and oxygen atoms in total. The van der Waals surface area contributed by atoms with Gasteiger partial charge in [-0.25, -0.2) is 0 Å². The van der Waals surface area contributed by atoms with Crippen LogP contribution in [0.2, 0.25) is 0 Å². The molecule has 0 amide bonds. The Kier molecular flexibility index (Phi) is 5.84. The molecular weight excluding hydrogens is 138 g/mol. The Bertz CT molecular complexity index is 121. The summed E-state index contributed by atoms with van der Waals surface area (Å²) in [4.78, 5) is 0. The highest BCUT2D eigenvalue weighted by molar-refractivity contribution is 5.81. The first-order valence-electron chi connectivity index (χ1n) is 4.10. The maximum atomic E-state index is 4.34. The van der Waals surface area contributed by atoms with Crippen LogP contribution in [0.4, 0.5) is 0 Å². The molecular formula is C8H19N3. The van der Waals surface area contributed by atoms with E-state index in [1.54, 1.807) is 0 Å². The Balaban J connectivity index is 3.61. The second-order valence-electron chi connectivity index (χ2n) is 2.66. The van der Waals surface area contributed by atoms with E-state index in [1.165, 1.54) is 5.71 Å². The van der Waals surface area contributed by atoms with Crippen LogP contribution in [0.1, 0.15) is 20.3 Å². The molecule has 0 aliphatic rings. The minimum Gasteiger partial charge on any atom is -0.319 e. The monoisotopic (exact) mass is 157 g/mol. The van der Waals surface area contributed by atoms with Crippen LogP contribution >= 0.6 is 0 Å². The van der Waals surface area contributed by atoms with Gasteiger partial charge in [-0.1, -0.05) is 0 Å². The lowest BCUT2D eigenvalue weighted by molar-refractivity contribution is 0.374. The van der Waals surface area contributed by atoms with Crippen LogP contribution in [0.15, 0.2) is 5.10 Å². The van der Waals surface area contributed by atoms with E-state index >= 15 is 0 Å². The van der Waals surface area contributed by atoms with Crippen LogP contribution < -0.4 is 5.32 Å². The summed E-state index contributed by atoms with van der Waals surface area (Å²) >= 11 is 0. The molecule has 66 valence electrons. The lowest BCUT2D eigenvalue weighted by Gasteiger charge is -2.10. The van der Waals surface area contributed by atoms with Gasteiger partial charge in [-0.2, -0.15) is 5.10 Å². The molecule has 11 heavy (non-hydrogen) atoms. The molecule has 0 unspecified atom stereocenters. The Morgan fingerprint density at radius 1 is 1.55 bits per heavy atom. The zero-order valence-electron chi connectivity index (χ0n) is 8.02. The van der Waals surface area contributed by atoms with Gasteiger partial charge in [-0.15, -0.1) is 0 Å². The smallest absolute Gasteiger partial charge is 0.0362 e. The van der Waals surface area contributed by atoms with Crippen LogP contribution in [0.5, 0.6) is 0 Å². The van der Waals surface area contributed by atoms with Crippen LogP contribution in [0.3, 0.4) is 0 Å². The average Bonchev–Trinajstić information content (AvgIpc) is 2.00. The Morgan fingerprint density at radius 2 is 2.18 bits per heavy atom. The van der Waals surface area contributed by atoms with Crippen molar-refractivity contribution in [2.75, 3.05) is 27.2 Å². The molecule has 0 heterocycles. The average molecular weight is 157 g/mol. The Morgan fingerprint density at radius 3 is 2.64 bits per heavy atom. The number of nitrogens with one attached hydrogen (secondary N) is 1. The number of hydrogen-bond donors (Lipinski definition) is 1. The maximum Gasteiger partial charge on any atom is 0.0362 e. The van der Waals surface area contributed by atoms with Crippen molar-refractivity contribution in [1.82, 2.24) is 10.3 Å². The molecule has 0 atom stereocenters. The highest BCUT2D eigenvalue weighted by Crippen LogP contribution is 1.88. The Labute approximate surface area is 69.5 Å². The predicted octanol–water partition coefficient (Wildman–Crippen LogP) is 0.923. The molecule has 1 N–H and O–H groups in total. The van der Waals surface area contributed by atoms with Crippen molar-refractivity contribution in [2.45, 2.75) is 20.3 Å². The zero-order chi connectivity index (χ0) is 8.69. The summed E-state index contributed by atoms with van der Waals surface area (Å²) in [5.74, 6) is 0. The van der Waals surface area contributed by atoms with Gasteiger partial charge in [0.2, 0.25) is 0 Å². The summed E-state index contributed by atoms with van der Waals surface area (Å²) in [6.07, 6.45) is 1.03. The van der Waals surface area contributed by atoms with Crippen LogP contribution in [0.25, 0.3) is 0 Å². The zero-order valence-corrected chi connectivity index (χ0v) is 8.02. The van der Waals surface area contributed by atoms with Crippen molar-refractivity contribution in [3.63, 3.8) is 0 Å². The second-order valence-corrected chi connectivity index (χ2v) is 2.66. The highest BCUT2D eigenvalue weighted by Gasteiger charge is 1.91. The summed E-state index contributed by atoms with van der Waals surface area (Å²) in [5.41, 5.74) is 1.18. The fraction of sp³-hybridized carbons (Fsp3) is 0.875. The first-order valence-corrected chi connectivity index (χ1v) is 4.10. The molecule has 0 aromatic rings.